The van der Waals surface area contributed by atoms with E-state index in [1.807, 2.05) is 25.4 Å². The summed E-state index contributed by atoms with van der Waals surface area (Å²) in [7, 11) is 1.88. The number of aromatic nitrogens is 2. The molecule has 102 valence electrons. The van der Waals surface area contributed by atoms with Crippen molar-refractivity contribution in [3.8, 4) is 10.6 Å². The van der Waals surface area contributed by atoms with Gasteiger partial charge in [0.2, 0.25) is 0 Å². The fraction of sp³-hybridized carbons (Fsp3) is 0.429. The van der Waals surface area contributed by atoms with Crippen LogP contribution in [0.5, 0.6) is 0 Å². The molecular formula is C14H18ClN3S. The number of nitrogens with one attached hydrogen (secondary N) is 1. The van der Waals surface area contributed by atoms with E-state index >= 15 is 0 Å². The fourth-order valence-corrected chi connectivity index (χ4v) is 2.97. The maximum absolute atomic E-state index is 6.24. The summed E-state index contributed by atoms with van der Waals surface area (Å²) in [6.45, 7) is 8.34. The highest BCUT2D eigenvalue weighted by molar-refractivity contribution is 7.14. The maximum atomic E-state index is 6.24. The molecule has 0 bridgehead atoms. The van der Waals surface area contributed by atoms with Crippen LogP contribution >= 0.6 is 22.9 Å². The number of halogens is 1. The third-order valence-electron chi connectivity index (χ3n) is 2.89. The van der Waals surface area contributed by atoms with E-state index in [1.54, 1.807) is 11.3 Å². The predicted octanol–water partition coefficient (Wildman–Crippen LogP) is 4.51. The van der Waals surface area contributed by atoms with Gasteiger partial charge in [-0.25, -0.2) is 9.97 Å². The molecule has 0 amide bonds. The molecule has 0 spiro atoms. The second kappa shape index (κ2) is 5.10. The first-order valence-electron chi connectivity index (χ1n) is 6.15. The van der Waals surface area contributed by atoms with Crippen molar-refractivity contribution in [2.45, 2.75) is 33.1 Å². The minimum Gasteiger partial charge on any atom is -0.373 e. The molecule has 3 nitrogen and oxygen atoms in total. The molecule has 0 saturated heterocycles. The molecule has 0 unspecified atom stereocenters. The van der Waals surface area contributed by atoms with Gasteiger partial charge < -0.3 is 5.32 Å². The predicted molar refractivity (Wildman–Crippen MR) is 83.3 cm³/mol. The summed E-state index contributed by atoms with van der Waals surface area (Å²) < 4.78 is 0. The lowest BCUT2D eigenvalue weighted by Gasteiger charge is -2.20. The number of nitrogens with zero attached hydrogens (tertiary/aromatic N) is 2. The topological polar surface area (TPSA) is 37.8 Å². The van der Waals surface area contributed by atoms with Gasteiger partial charge in [-0.15, -0.1) is 11.3 Å². The zero-order valence-electron chi connectivity index (χ0n) is 11.8. The molecule has 0 atom stereocenters. The first kappa shape index (κ1) is 14.3. The van der Waals surface area contributed by atoms with Gasteiger partial charge >= 0.3 is 0 Å². The Kier molecular flexibility index (Phi) is 3.83. The minimum absolute atomic E-state index is 0.0994. The van der Waals surface area contributed by atoms with Gasteiger partial charge in [0, 0.05) is 18.0 Å². The Bertz CT molecular complexity index is 599. The molecule has 0 saturated carbocycles. The first-order valence-corrected chi connectivity index (χ1v) is 7.40. The Morgan fingerprint density at radius 2 is 1.95 bits per heavy atom. The van der Waals surface area contributed by atoms with Crippen molar-refractivity contribution in [2.75, 3.05) is 12.4 Å². The van der Waals surface area contributed by atoms with E-state index in [1.165, 1.54) is 0 Å². The number of thiophene rings is 1. The monoisotopic (exact) mass is 295 g/mol. The van der Waals surface area contributed by atoms with Gasteiger partial charge in [-0.1, -0.05) is 32.4 Å². The molecule has 0 fully saturated rings. The summed E-state index contributed by atoms with van der Waals surface area (Å²) in [6, 6.07) is 1.90. The van der Waals surface area contributed by atoms with Crippen LogP contribution in [0.3, 0.4) is 0 Å². The van der Waals surface area contributed by atoms with Gasteiger partial charge in [-0.3, -0.25) is 0 Å². The molecule has 5 heteroatoms. The fourth-order valence-electron chi connectivity index (χ4n) is 1.78. The van der Waals surface area contributed by atoms with Gasteiger partial charge in [-0.05, 0) is 18.4 Å². The SMILES string of the molecule is CNc1nc(C(C)(C)C)nc(-c2sccc2Cl)c1C. The summed E-state index contributed by atoms with van der Waals surface area (Å²) in [5.74, 6) is 1.68. The van der Waals surface area contributed by atoms with Gasteiger partial charge in [0.1, 0.15) is 11.6 Å². The molecule has 1 N–H and O–H groups in total. The quantitative estimate of drug-likeness (QED) is 0.886. The molecule has 0 aromatic carbocycles. The molecular weight excluding hydrogens is 278 g/mol. The van der Waals surface area contributed by atoms with Crippen LogP contribution in [-0.4, -0.2) is 17.0 Å². The van der Waals surface area contributed by atoms with Crippen molar-refractivity contribution in [3.63, 3.8) is 0 Å². The van der Waals surface area contributed by atoms with Crippen LogP contribution in [0.4, 0.5) is 5.82 Å². The minimum atomic E-state index is -0.0994. The maximum Gasteiger partial charge on any atom is 0.136 e. The van der Waals surface area contributed by atoms with Gasteiger partial charge in [0.05, 0.1) is 15.6 Å². The van der Waals surface area contributed by atoms with E-state index in [9.17, 15) is 0 Å². The summed E-state index contributed by atoms with van der Waals surface area (Å²) in [4.78, 5) is 10.3. The summed E-state index contributed by atoms with van der Waals surface area (Å²) in [6.07, 6.45) is 0. The van der Waals surface area contributed by atoms with Crippen LogP contribution < -0.4 is 5.32 Å². The Balaban J connectivity index is 2.70. The Morgan fingerprint density at radius 3 is 2.42 bits per heavy atom. The molecule has 0 radical (unpaired) electrons. The summed E-state index contributed by atoms with van der Waals surface area (Å²) >= 11 is 7.84. The Morgan fingerprint density at radius 1 is 1.26 bits per heavy atom. The normalized spacial score (nSPS) is 11.7. The van der Waals surface area contributed by atoms with Crippen LogP contribution in [0, 0.1) is 6.92 Å². The van der Waals surface area contributed by atoms with Crippen molar-refractivity contribution >= 4 is 28.8 Å². The van der Waals surface area contributed by atoms with Crippen LogP contribution in [0.1, 0.15) is 32.2 Å². The second-order valence-electron chi connectivity index (χ2n) is 5.47. The molecule has 2 heterocycles. The standard InChI is InChI=1S/C14H18ClN3S/c1-8-10(11-9(15)6-7-19-11)17-13(14(2,3)4)18-12(8)16-5/h6-7H,1-5H3,(H,16,17,18). The van der Waals surface area contributed by atoms with Crippen LogP contribution in [-0.2, 0) is 5.41 Å². The number of hydrogen-bond acceptors (Lipinski definition) is 4. The molecule has 2 rings (SSSR count). The molecule has 0 aliphatic heterocycles. The lowest BCUT2D eigenvalue weighted by atomic mass is 9.95. The zero-order chi connectivity index (χ0) is 14.2. The van der Waals surface area contributed by atoms with Crippen molar-refractivity contribution in [2.24, 2.45) is 0 Å². The Labute approximate surface area is 123 Å². The van der Waals surface area contributed by atoms with Crippen LogP contribution in [0.15, 0.2) is 11.4 Å². The summed E-state index contributed by atoms with van der Waals surface area (Å²) in [5, 5.41) is 5.87. The van der Waals surface area contributed by atoms with E-state index < -0.39 is 0 Å². The highest BCUT2D eigenvalue weighted by Gasteiger charge is 2.22. The van der Waals surface area contributed by atoms with Crippen molar-refractivity contribution in [1.29, 1.82) is 0 Å². The highest BCUT2D eigenvalue weighted by atomic mass is 35.5. The van der Waals surface area contributed by atoms with E-state index in [-0.39, 0.29) is 5.41 Å². The van der Waals surface area contributed by atoms with Crippen molar-refractivity contribution in [3.05, 3.63) is 27.9 Å². The van der Waals surface area contributed by atoms with E-state index in [0.29, 0.717) is 0 Å². The molecule has 0 aliphatic carbocycles. The highest BCUT2D eigenvalue weighted by Crippen LogP contribution is 2.36. The second-order valence-corrected chi connectivity index (χ2v) is 6.79. The summed E-state index contributed by atoms with van der Waals surface area (Å²) in [5.41, 5.74) is 1.85. The Hall–Kier alpha value is -1.13. The molecule has 0 aliphatic rings. The lowest BCUT2D eigenvalue weighted by molar-refractivity contribution is 0.546. The largest absolute Gasteiger partial charge is 0.373 e. The van der Waals surface area contributed by atoms with Crippen LogP contribution in [0.2, 0.25) is 5.02 Å². The van der Waals surface area contributed by atoms with Gasteiger partial charge in [0.15, 0.2) is 0 Å². The zero-order valence-corrected chi connectivity index (χ0v) is 13.4. The average Bonchev–Trinajstić information content (AvgIpc) is 2.74. The average molecular weight is 296 g/mol. The van der Waals surface area contributed by atoms with Gasteiger partial charge in [0.25, 0.3) is 0 Å². The third kappa shape index (κ3) is 2.74. The molecule has 2 aromatic rings. The first-order chi connectivity index (χ1) is 8.84. The van der Waals surface area contributed by atoms with Crippen LogP contribution in [0.25, 0.3) is 10.6 Å². The third-order valence-corrected chi connectivity index (χ3v) is 4.23. The van der Waals surface area contributed by atoms with E-state index in [4.69, 9.17) is 16.6 Å². The lowest BCUT2D eigenvalue weighted by Crippen LogP contribution is -2.18. The van der Waals surface area contributed by atoms with Crippen molar-refractivity contribution in [1.82, 2.24) is 9.97 Å². The van der Waals surface area contributed by atoms with E-state index in [0.717, 1.165) is 32.8 Å². The number of anilines is 1. The number of rotatable bonds is 2. The van der Waals surface area contributed by atoms with E-state index in [2.05, 4.69) is 31.1 Å². The smallest absolute Gasteiger partial charge is 0.136 e. The number of hydrogen-bond donors (Lipinski definition) is 1. The molecule has 19 heavy (non-hydrogen) atoms. The van der Waals surface area contributed by atoms with Gasteiger partial charge in [-0.2, -0.15) is 0 Å². The molecule has 2 aromatic heterocycles. The van der Waals surface area contributed by atoms with Crippen molar-refractivity contribution < 1.29 is 0 Å².